The van der Waals surface area contributed by atoms with E-state index in [-0.39, 0.29) is 4.70 Å². The Labute approximate surface area is 142 Å². The first-order valence-electron chi connectivity index (χ1n) is 7.89. The fourth-order valence-electron chi connectivity index (χ4n) is 2.85. The average Bonchev–Trinajstić information content (AvgIpc) is 2.92. The van der Waals surface area contributed by atoms with Gasteiger partial charge in [-0.05, 0) is 17.7 Å². The summed E-state index contributed by atoms with van der Waals surface area (Å²) in [4.78, 5) is 12.5. The Morgan fingerprint density at radius 2 is 2.21 bits per heavy atom. The number of hydrogen-bond acceptors (Lipinski definition) is 4. The summed E-state index contributed by atoms with van der Waals surface area (Å²) < 4.78 is 5.08. The molecule has 0 bridgehead atoms. The van der Waals surface area contributed by atoms with Gasteiger partial charge in [0.05, 0.1) is 25.0 Å². The molecule has 1 amide bonds. The number of carbonyl (C=O) groups excluding carboxylic acids is 1. The Morgan fingerprint density at radius 1 is 1.46 bits per heavy atom. The topological polar surface area (TPSA) is 65.7 Å². The highest BCUT2D eigenvalue weighted by molar-refractivity contribution is 5.73. The lowest BCUT2D eigenvalue weighted by Crippen LogP contribution is -2.57. The van der Waals surface area contributed by atoms with Gasteiger partial charge < -0.3 is 4.74 Å². The van der Waals surface area contributed by atoms with Crippen LogP contribution < -0.4 is 0 Å². The van der Waals surface area contributed by atoms with Crippen molar-refractivity contribution in [1.82, 2.24) is 5.01 Å². The summed E-state index contributed by atoms with van der Waals surface area (Å²) in [7, 11) is 1.37. The Bertz CT molecular complexity index is 718. The second-order valence-corrected chi connectivity index (χ2v) is 6.22. The first-order chi connectivity index (χ1) is 11.4. The first-order valence-corrected chi connectivity index (χ1v) is 7.89. The maximum atomic E-state index is 12.5. The van der Waals surface area contributed by atoms with Crippen molar-refractivity contribution in [1.29, 1.82) is 5.26 Å². The predicted molar refractivity (Wildman–Crippen MR) is 91.3 cm³/mol. The summed E-state index contributed by atoms with van der Waals surface area (Å²) in [5.41, 5.74) is 2.37. The van der Waals surface area contributed by atoms with E-state index < -0.39 is 6.09 Å². The number of nitriles is 1. The molecule has 1 aromatic rings. The quantitative estimate of drug-likeness (QED) is 0.778. The molecule has 0 spiro atoms. The van der Waals surface area contributed by atoms with E-state index in [1.807, 2.05) is 25.1 Å². The maximum Gasteiger partial charge on any atom is 0.457 e. The number of nitrogens with zero attached hydrogens (tertiary/aromatic N) is 4. The van der Waals surface area contributed by atoms with Gasteiger partial charge in [-0.25, -0.2) is 4.79 Å². The first kappa shape index (κ1) is 17.7. The van der Waals surface area contributed by atoms with E-state index in [0.717, 1.165) is 11.3 Å². The van der Waals surface area contributed by atoms with Crippen LogP contribution in [-0.2, 0) is 11.3 Å². The molecule has 1 aromatic carbocycles. The highest BCUT2D eigenvalue weighted by Crippen LogP contribution is 2.30. The standard InChI is InChI=1S/C18H23N4O2/c1-14(2)13-22(15(3)8-9-20-22)21(18(23)24-4)12-17-7-5-6-16(10-17)11-19/h5-10,14H,12-13H2,1-4H3/q+1. The molecule has 1 heterocycles. The largest absolute Gasteiger partial charge is 0.457 e. The third-order valence-corrected chi connectivity index (χ3v) is 3.93. The van der Waals surface area contributed by atoms with Crippen LogP contribution in [0.3, 0.4) is 0 Å². The van der Waals surface area contributed by atoms with Gasteiger partial charge in [-0.1, -0.05) is 35.8 Å². The fourth-order valence-corrected chi connectivity index (χ4v) is 2.85. The molecule has 1 aliphatic heterocycles. The van der Waals surface area contributed by atoms with Gasteiger partial charge in [-0.2, -0.15) is 5.26 Å². The number of amides is 1. The van der Waals surface area contributed by atoms with Crippen molar-refractivity contribution in [2.45, 2.75) is 27.3 Å². The van der Waals surface area contributed by atoms with Crippen molar-refractivity contribution in [3.8, 4) is 6.07 Å². The minimum Gasteiger partial charge on any atom is -0.450 e. The van der Waals surface area contributed by atoms with E-state index in [2.05, 4.69) is 25.0 Å². The second-order valence-electron chi connectivity index (χ2n) is 6.22. The van der Waals surface area contributed by atoms with Crippen LogP contribution in [0.25, 0.3) is 0 Å². The Balaban J connectivity index is 2.43. The van der Waals surface area contributed by atoms with Crippen molar-refractivity contribution >= 4 is 12.3 Å². The summed E-state index contributed by atoms with van der Waals surface area (Å²) in [6.45, 7) is 7.08. The average molecular weight is 327 g/mol. The number of hydrogen-bond donors (Lipinski definition) is 0. The molecule has 0 aromatic heterocycles. The van der Waals surface area contributed by atoms with E-state index in [1.54, 1.807) is 23.4 Å². The monoisotopic (exact) mass is 327 g/mol. The van der Waals surface area contributed by atoms with Gasteiger partial charge >= 0.3 is 6.09 Å². The van der Waals surface area contributed by atoms with Gasteiger partial charge in [0.2, 0.25) is 0 Å². The highest BCUT2D eigenvalue weighted by atomic mass is 16.6. The minimum absolute atomic E-state index is 0.0706. The molecule has 0 saturated heterocycles. The minimum atomic E-state index is -0.454. The molecular formula is C18H23N4O2+. The molecule has 0 N–H and O–H groups in total. The summed E-state index contributed by atoms with van der Waals surface area (Å²) >= 11 is 0. The van der Waals surface area contributed by atoms with Gasteiger partial charge in [0.1, 0.15) is 13.1 Å². The molecule has 6 heteroatoms. The number of ether oxygens (including phenoxy) is 1. The van der Waals surface area contributed by atoms with Crippen LogP contribution in [0.2, 0.25) is 0 Å². The number of quaternary nitrogens is 1. The van der Waals surface area contributed by atoms with Crippen LogP contribution in [0.1, 0.15) is 31.9 Å². The van der Waals surface area contributed by atoms with Crippen LogP contribution >= 0.6 is 0 Å². The molecule has 126 valence electrons. The molecule has 6 nitrogen and oxygen atoms in total. The van der Waals surface area contributed by atoms with Crippen molar-refractivity contribution < 1.29 is 14.2 Å². The molecule has 2 rings (SSSR count). The van der Waals surface area contributed by atoms with Gasteiger partial charge in [-0.3, -0.25) is 0 Å². The fraction of sp³-hybridized carbons (Fsp3) is 0.389. The summed E-state index contributed by atoms with van der Waals surface area (Å²) in [6, 6.07) is 9.34. The number of carbonyl (C=O) groups is 1. The van der Waals surface area contributed by atoms with E-state index in [4.69, 9.17) is 10.00 Å². The third-order valence-electron chi connectivity index (χ3n) is 3.93. The molecule has 1 unspecified atom stereocenters. The summed E-state index contributed by atoms with van der Waals surface area (Å²) in [6.07, 6.45) is 3.17. The number of methoxy groups -OCH3 is 1. The molecule has 1 aliphatic rings. The number of allylic oxidation sites excluding steroid dienone is 2. The number of rotatable bonds is 5. The lowest BCUT2D eigenvalue weighted by Gasteiger charge is -2.38. The zero-order valence-corrected chi connectivity index (χ0v) is 14.6. The SMILES string of the molecule is COC(=O)N(Cc1cccc(C#N)c1)[N+]1(CC(C)C)N=CC=C1C. The molecule has 0 radical (unpaired) electrons. The van der Waals surface area contributed by atoms with Gasteiger partial charge in [0.15, 0.2) is 5.70 Å². The van der Waals surface area contributed by atoms with Crippen molar-refractivity contribution in [3.05, 3.63) is 47.2 Å². The predicted octanol–water partition coefficient (Wildman–Crippen LogP) is 3.42. The van der Waals surface area contributed by atoms with E-state index in [9.17, 15) is 4.79 Å². The Hall–Kier alpha value is -2.65. The third kappa shape index (κ3) is 3.47. The summed E-state index contributed by atoms with van der Waals surface area (Å²) in [5.74, 6) is 0.321. The number of benzene rings is 1. The molecular weight excluding hydrogens is 304 g/mol. The zero-order valence-electron chi connectivity index (χ0n) is 14.6. The second kappa shape index (κ2) is 7.28. The lowest BCUT2D eigenvalue weighted by atomic mass is 10.1. The van der Waals surface area contributed by atoms with Gasteiger partial charge in [0, 0.05) is 18.9 Å². The van der Waals surface area contributed by atoms with Crippen LogP contribution in [0, 0.1) is 17.2 Å². The van der Waals surface area contributed by atoms with Crippen molar-refractivity contribution in [3.63, 3.8) is 0 Å². The molecule has 24 heavy (non-hydrogen) atoms. The Morgan fingerprint density at radius 3 is 2.75 bits per heavy atom. The van der Waals surface area contributed by atoms with Crippen LogP contribution in [0.5, 0.6) is 0 Å². The van der Waals surface area contributed by atoms with Gasteiger partial charge in [-0.15, -0.1) is 5.01 Å². The van der Waals surface area contributed by atoms with Crippen LogP contribution in [0.4, 0.5) is 4.79 Å². The lowest BCUT2D eigenvalue weighted by molar-refractivity contribution is -1.000. The molecule has 0 fully saturated rings. The zero-order chi connectivity index (χ0) is 17.7. The Kier molecular flexibility index (Phi) is 5.37. The van der Waals surface area contributed by atoms with E-state index >= 15 is 0 Å². The van der Waals surface area contributed by atoms with Crippen molar-refractivity contribution in [2.75, 3.05) is 13.7 Å². The smallest absolute Gasteiger partial charge is 0.450 e. The van der Waals surface area contributed by atoms with Gasteiger partial charge in [0.25, 0.3) is 0 Å². The molecule has 0 aliphatic carbocycles. The van der Waals surface area contributed by atoms with Crippen LogP contribution in [0.15, 0.2) is 41.1 Å². The maximum absolute atomic E-state index is 12.5. The van der Waals surface area contributed by atoms with E-state index in [1.165, 1.54) is 7.11 Å². The summed E-state index contributed by atoms with van der Waals surface area (Å²) in [5, 5.41) is 15.2. The van der Waals surface area contributed by atoms with E-state index in [0.29, 0.717) is 24.6 Å². The molecule has 1 atom stereocenters. The highest BCUT2D eigenvalue weighted by Gasteiger charge is 2.45. The normalized spacial score (nSPS) is 19.1. The molecule has 0 saturated carbocycles. The van der Waals surface area contributed by atoms with Crippen LogP contribution in [-0.4, -0.2) is 35.7 Å². The van der Waals surface area contributed by atoms with Crippen molar-refractivity contribution in [2.24, 2.45) is 11.0 Å².